The Balaban J connectivity index is 2.28. The first-order chi connectivity index (χ1) is 7.70. The minimum atomic E-state index is 0.0749. The van der Waals surface area contributed by atoms with Gasteiger partial charge in [0.15, 0.2) is 0 Å². The molecule has 0 radical (unpaired) electrons. The van der Waals surface area contributed by atoms with Gasteiger partial charge in [0.05, 0.1) is 17.9 Å². The van der Waals surface area contributed by atoms with E-state index in [1.807, 2.05) is 12.1 Å². The molecule has 1 aliphatic heterocycles. The number of hydrogen-bond acceptors (Lipinski definition) is 2. The van der Waals surface area contributed by atoms with Crippen LogP contribution in [0.1, 0.15) is 19.8 Å². The van der Waals surface area contributed by atoms with Crippen LogP contribution in [0, 0.1) is 0 Å². The van der Waals surface area contributed by atoms with Gasteiger partial charge in [0, 0.05) is 11.0 Å². The second-order valence-electron chi connectivity index (χ2n) is 3.98. The van der Waals surface area contributed by atoms with Crippen molar-refractivity contribution < 1.29 is 4.79 Å². The molecule has 86 valence electrons. The van der Waals surface area contributed by atoms with Crippen LogP contribution in [0.2, 0.25) is 0 Å². The van der Waals surface area contributed by atoms with Crippen LogP contribution in [0.3, 0.4) is 0 Å². The van der Waals surface area contributed by atoms with E-state index in [0.717, 1.165) is 35.2 Å². The molecule has 1 aromatic carbocycles. The summed E-state index contributed by atoms with van der Waals surface area (Å²) in [6.07, 6.45) is 2.25. The molecule has 1 amide bonds. The third-order valence-electron chi connectivity index (χ3n) is 2.69. The van der Waals surface area contributed by atoms with Gasteiger partial charge in [0.2, 0.25) is 5.91 Å². The number of fused-ring (bicyclic) bond motifs is 1. The number of hydrogen-bond donors (Lipinski definition) is 1. The second kappa shape index (κ2) is 4.87. The van der Waals surface area contributed by atoms with Crippen molar-refractivity contribution >= 4 is 33.2 Å². The van der Waals surface area contributed by atoms with E-state index in [0.29, 0.717) is 6.54 Å². The average molecular weight is 283 g/mol. The van der Waals surface area contributed by atoms with Crippen molar-refractivity contribution in [2.75, 3.05) is 23.3 Å². The largest absolute Gasteiger partial charge is 0.361 e. The normalized spacial score (nSPS) is 14.6. The van der Waals surface area contributed by atoms with Crippen molar-refractivity contribution in [3.8, 4) is 0 Å². The van der Waals surface area contributed by atoms with Gasteiger partial charge in [-0.05, 0) is 24.6 Å². The quantitative estimate of drug-likeness (QED) is 0.924. The van der Waals surface area contributed by atoms with E-state index in [2.05, 4.69) is 39.1 Å². The van der Waals surface area contributed by atoms with E-state index in [-0.39, 0.29) is 5.91 Å². The highest BCUT2D eigenvalue weighted by molar-refractivity contribution is 9.10. The smallest absolute Gasteiger partial charge is 0.243 e. The number of benzene rings is 1. The van der Waals surface area contributed by atoms with Gasteiger partial charge in [0.25, 0.3) is 0 Å². The van der Waals surface area contributed by atoms with E-state index >= 15 is 0 Å². The summed E-state index contributed by atoms with van der Waals surface area (Å²) < 4.78 is 1.05. The number of anilines is 2. The first kappa shape index (κ1) is 11.5. The van der Waals surface area contributed by atoms with Crippen molar-refractivity contribution in [3.05, 3.63) is 22.7 Å². The molecule has 1 aromatic rings. The summed E-state index contributed by atoms with van der Waals surface area (Å²) in [4.78, 5) is 13.7. The summed E-state index contributed by atoms with van der Waals surface area (Å²) in [5.74, 6) is 0.0749. The van der Waals surface area contributed by atoms with Crippen molar-refractivity contribution in [1.29, 1.82) is 0 Å². The van der Waals surface area contributed by atoms with Crippen LogP contribution in [0.4, 0.5) is 11.4 Å². The lowest BCUT2D eigenvalue weighted by Crippen LogP contribution is -2.38. The number of carbonyl (C=O) groups is 1. The summed E-state index contributed by atoms with van der Waals surface area (Å²) in [6.45, 7) is 3.56. The number of nitrogens with zero attached hydrogens (tertiary/aromatic N) is 1. The van der Waals surface area contributed by atoms with E-state index < -0.39 is 0 Å². The zero-order valence-corrected chi connectivity index (χ0v) is 10.9. The van der Waals surface area contributed by atoms with Gasteiger partial charge in [-0.1, -0.05) is 29.3 Å². The van der Waals surface area contributed by atoms with Crippen LogP contribution in [0.5, 0.6) is 0 Å². The van der Waals surface area contributed by atoms with E-state index in [4.69, 9.17) is 0 Å². The number of halogens is 1. The van der Waals surface area contributed by atoms with E-state index in [1.54, 1.807) is 0 Å². The van der Waals surface area contributed by atoms with Crippen molar-refractivity contribution in [2.24, 2.45) is 0 Å². The Labute approximate surface area is 104 Å². The zero-order chi connectivity index (χ0) is 11.5. The minimum Gasteiger partial charge on any atom is -0.361 e. The fourth-order valence-corrected chi connectivity index (χ4v) is 2.22. The Hall–Kier alpha value is -1.03. The molecule has 0 fully saturated rings. The molecule has 0 aromatic heterocycles. The number of amides is 1. The van der Waals surface area contributed by atoms with Crippen LogP contribution < -0.4 is 10.2 Å². The first-order valence-corrected chi connectivity index (χ1v) is 6.34. The van der Waals surface area contributed by atoms with Crippen LogP contribution in [-0.4, -0.2) is 19.0 Å². The molecule has 1 aliphatic rings. The summed E-state index contributed by atoms with van der Waals surface area (Å²) in [7, 11) is 0. The highest BCUT2D eigenvalue weighted by Gasteiger charge is 2.21. The van der Waals surface area contributed by atoms with Gasteiger partial charge in [-0.15, -0.1) is 0 Å². The molecule has 0 unspecified atom stereocenters. The lowest BCUT2D eigenvalue weighted by atomic mass is 10.2. The molecular formula is C12H15BrN2O. The van der Waals surface area contributed by atoms with Crippen LogP contribution in [0.25, 0.3) is 0 Å². The first-order valence-electron chi connectivity index (χ1n) is 5.55. The van der Waals surface area contributed by atoms with Crippen molar-refractivity contribution in [2.45, 2.75) is 19.8 Å². The van der Waals surface area contributed by atoms with Crippen LogP contribution in [-0.2, 0) is 4.79 Å². The highest BCUT2D eigenvalue weighted by Crippen LogP contribution is 2.32. The Morgan fingerprint density at radius 1 is 1.50 bits per heavy atom. The van der Waals surface area contributed by atoms with Crippen molar-refractivity contribution in [3.63, 3.8) is 0 Å². The maximum atomic E-state index is 11.5. The Kier molecular flexibility index (Phi) is 3.49. The Morgan fingerprint density at radius 3 is 3.06 bits per heavy atom. The van der Waals surface area contributed by atoms with Crippen molar-refractivity contribution in [1.82, 2.24) is 0 Å². The number of carbonyl (C=O) groups excluding carboxylic acids is 1. The Bertz CT molecular complexity index is 406. The molecule has 0 saturated carbocycles. The fraction of sp³-hybridized carbons (Fsp3) is 0.417. The third-order valence-corrected chi connectivity index (χ3v) is 3.18. The molecule has 1 N–H and O–H groups in total. The molecule has 4 heteroatoms. The predicted octanol–water partition coefficient (Wildman–Crippen LogP) is 3.01. The predicted molar refractivity (Wildman–Crippen MR) is 69.9 cm³/mol. The molecule has 0 bridgehead atoms. The van der Waals surface area contributed by atoms with Gasteiger partial charge in [0.1, 0.15) is 0 Å². The molecule has 1 heterocycles. The summed E-state index contributed by atoms with van der Waals surface area (Å²) in [6, 6.07) is 5.95. The third kappa shape index (κ3) is 2.38. The molecule has 0 atom stereocenters. The molecule has 0 spiro atoms. The fourth-order valence-electron chi connectivity index (χ4n) is 1.87. The van der Waals surface area contributed by atoms with Crippen LogP contribution >= 0.6 is 15.9 Å². The Morgan fingerprint density at radius 2 is 2.31 bits per heavy atom. The highest BCUT2D eigenvalue weighted by atomic mass is 79.9. The molecule has 0 saturated heterocycles. The maximum absolute atomic E-state index is 11.5. The second-order valence-corrected chi connectivity index (χ2v) is 4.90. The van der Waals surface area contributed by atoms with E-state index in [9.17, 15) is 4.79 Å². The lowest BCUT2D eigenvalue weighted by molar-refractivity contribution is -0.115. The molecule has 3 nitrogen and oxygen atoms in total. The number of unbranched alkanes of at least 4 members (excludes halogenated alkanes) is 1. The van der Waals surface area contributed by atoms with Gasteiger partial charge in [-0.2, -0.15) is 0 Å². The van der Waals surface area contributed by atoms with Gasteiger partial charge < -0.3 is 10.2 Å². The lowest BCUT2D eigenvalue weighted by Gasteiger charge is -2.31. The minimum absolute atomic E-state index is 0.0749. The molecule has 16 heavy (non-hydrogen) atoms. The van der Waals surface area contributed by atoms with Gasteiger partial charge in [-0.3, -0.25) is 4.79 Å². The standard InChI is InChI=1S/C12H15BrN2O/c1-2-3-6-15-8-12(16)14-10-5-4-9(13)7-11(10)15/h4-5,7H,2-3,6,8H2,1H3,(H,14,16). The number of rotatable bonds is 3. The molecular weight excluding hydrogens is 268 g/mol. The van der Waals surface area contributed by atoms with Gasteiger partial charge >= 0.3 is 0 Å². The topological polar surface area (TPSA) is 32.3 Å². The molecule has 0 aliphatic carbocycles. The molecule has 2 rings (SSSR count). The zero-order valence-electron chi connectivity index (χ0n) is 9.29. The number of nitrogens with one attached hydrogen (secondary N) is 1. The maximum Gasteiger partial charge on any atom is 0.243 e. The summed E-state index contributed by atoms with van der Waals surface area (Å²) in [5.41, 5.74) is 2.03. The summed E-state index contributed by atoms with van der Waals surface area (Å²) in [5, 5.41) is 2.89. The SMILES string of the molecule is CCCCN1CC(=O)Nc2ccc(Br)cc21. The van der Waals surface area contributed by atoms with Crippen LogP contribution in [0.15, 0.2) is 22.7 Å². The summed E-state index contributed by atoms with van der Waals surface area (Å²) >= 11 is 3.46. The van der Waals surface area contributed by atoms with E-state index in [1.165, 1.54) is 0 Å². The average Bonchev–Trinajstić information content (AvgIpc) is 2.26. The van der Waals surface area contributed by atoms with Gasteiger partial charge in [-0.25, -0.2) is 0 Å². The monoisotopic (exact) mass is 282 g/mol.